The van der Waals surface area contributed by atoms with Gasteiger partial charge in [-0.15, -0.1) is 35.7 Å². The summed E-state index contributed by atoms with van der Waals surface area (Å²) in [6, 6.07) is 37.5. The van der Waals surface area contributed by atoms with Gasteiger partial charge in [0.05, 0.1) is 12.8 Å². The summed E-state index contributed by atoms with van der Waals surface area (Å²) >= 11 is 0. The summed E-state index contributed by atoms with van der Waals surface area (Å²) < 4.78 is 15.9. The Balaban J connectivity index is 0.00000343. The summed E-state index contributed by atoms with van der Waals surface area (Å²) in [4.78, 5) is 4.68. The van der Waals surface area contributed by atoms with Crippen molar-refractivity contribution in [1.29, 1.82) is 0 Å². The van der Waals surface area contributed by atoms with Gasteiger partial charge in [0.2, 0.25) is 0 Å². The van der Waals surface area contributed by atoms with Crippen molar-refractivity contribution in [3.05, 3.63) is 126 Å². The van der Waals surface area contributed by atoms with E-state index in [0.717, 1.165) is 68.0 Å². The van der Waals surface area contributed by atoms with Crippen LogP contribution in [0.5, 0.6) is 17.2 Å². The summed E-state index contributed by atoms with van der Waals surface area (Å²) in [5.74, 6) is 2.66. The molecule has 0 aliphatic rings. The number of benzene rings is 4. The summed E-state index contributed by atoms with van der Waals surface area (Å²) in [5, 5.41) is 7.07. The Hall–Kier alpha value is -4.67. The van der Waals surface area contributed by atoms with Crippen LogP contribution in [0.4, 0.5) is 0 Å². The first-order chi connectivity index (χ1) is 21.0. The molecule has 7 aromatic rings. The smallest absolute Gasteiger partial charge is 0.509 e. The van der Waals surface area contributed by atoms with Crippen LogP contribution in [0.2, 0.25) is 0 Å². The van der Waals surface area contributed by atoms with Crippen molar-refractivity contribution in [2.24, 2.45) is 0 Å². The molecular weight excluding hydrogens is 728 g/mol. The number of aromatic nitrogens is 4. The SMILES string of the molecule is CCc1ccc2c(c1)c1ccc(Oc3[c-]c(-n4nc(C)c(-c5ccccc5)c4C)ccc3)[c-]c1n2-c1cc(OC)ccn1.[Pt+2]. The Morgan fingerprint density at radius 1 is 0.818 bits per heavy atom. The van der Waals surface area contributed by atoms with Gasteiger partial charge < -0.3 is 14.0 Å². The van der Waals surface area contributed by atoms with Gasteiger partial charge in [-0.1, -0.05) is 54.9 Å². The number of methoxy groups -OCH3 is 1. The second-order valence-electron chi connectivity index (χ2n) is 10.5. The molecule has 0 saturated carbocycles. The van der Waals surface area contributed by atoms with E-state index in [1.165, 1.54) is 5.56 Å². The second-order valence-corrected chi connectivity index (χ2v) is 10.5. The van der Waals surface area contributed by atoms with Crippen LogP contribution in [0.1, 0.15) is 23.9 Å². The van der Waals surface area contributed by atoms with Gasteiger partial charge in [0.1, 0.15) is 11.6 Å². The van der Waals surface area contributed by atoms with E-state index >= 15 is 0 Å². The minimum Gasteiger partial charge on any atom is -0.509 e. The van der Waals surface area contributed by atoms with Crippen LogP contribution in [-0.4, -0.2) is 26.4 Å². The molecule has 0 amide bonds. The van der Waals surface area contributed by atoms with Crippen molar-refractivity contribution in [2.75, 3.05) is 7.11 Å². The third-order valence-corrected chi connectivity index (χ3v) is 7.86. The molecule has 220 valence electrons. The van der Waals surface area contributed by atoms with Crippen LogP contribution in [-0.2, 0) is 27.5 Å². The van der Waals surface area contributed by atoms with E-state index < -0.39 is 0 Å². The minimum absolute atomic E-state index is 0. The average Bonchev–Trinajstić information content (AvgIpc) is 3.53. The molecule has 4 aromatic carbocycles. The number of hydrogen-bond acceptors (Lipinski definition) is 4. The second kappa shape index (κ2) is 12.1. The van der Waals surface area contributed by atoms with Crippen LogP contribution in [0.25, 0.3) is 44.4 Å². The molecule has 0 bridgehead atoms. The molecule has 0 radical (unpaired) electrons. The Labute approximate surface area is 271 Å². The third kappa shape index (κ3) is 5.20. The molecule has 0 spiro atoms. The molecule has 0 aliphatic carbocycles. The molecule has 0 N–H and O–H groups in total. The van der Waals surface area contributed by atoms with Gasteiger partial charge in [0.15, 0.2) is 0 Å². The van der Waals surface area contributed by atoms with Crippen LogP contribution < -0.4 is 9.47 Å². The summed E-state index contributed by atoms with van der Waals surface area (Å²) in [7, 11) is 1.66. The van der Waals surface area contributed by atoms with Gasteiger partial charge in [-0.2, -0.15) is 17.2 Å². The first-order valence-corrected chi connectivity index (χ1v) is 14.4. The molecule has 0 fully saturated rings. The number of aryl methyl sites for hydroxylation is 2. The van der Waals surface area contributed by atoms with E-state index in [0.29, 0.717) is 11.5 Å². The Morgan fingerprint density at radius 2 is 1.64 bits per heavy atom. The minimum atomic E-state index is 0. The van der Waals surface area contributed by atoms with Gasteiger partial charge in [-0.05, 0) is 54.6 Å². The first kappa shape index (κ1) is 29.4. The molecule has 7 heteroatoms. The van der Waals surface area contributed by atoms with E-state index in [4.69, 9.17) is 14.6 Å². The molecule has 0 saturated heterocycles. The normalized spacial score (nSPS) is 11.1. The van der Waals surface area contributed by atoms with Gasteiger partial charge in [-0.25, -0.2) is 4.98 Å². The Morgan fingerprint density at radius 3 is 2.43 bits per heavy atom. The standard InChI is InChI=1S/C37H30N4O2.Pt/c1-5-26-14-17-34-33(20-26)32-16-15-31(22-35(32)40(34)36-23-29(42-4)18-19-38-36)43-30-13-9-12-28(21-30)41-25(3)37(24(2)39-41)27-10-7-6-8-11-27;/h6-20,23H,5H2,1-4H3;/q-2;+2. The molecule has 7 rings (SSSR count). The number of nitrogens with zero attached hydrogens (tertiary/aromatic N) is 4. The summed E-state index contributed by atoms with van der Waals surface area (Å²) in [6.45, 7) is 6.29. The Bertz CT molecular complexity index is 2110. The fourth-order valence-corrected chi connectivity index (χ4v) is 5.78. The maximum absolute atomic E-state index is 6.38. The van der Waals surface area contributed by atoms with Crippen LogP contribution in [0.15, 0.2) is 97.2 Å². The van der Waals surface area contributed by atoms with Gasteiger partial charge in [0, 0.05) is 40.5 Å². The third-order valence-electron chi connectivity index (χ3n) is 7.86. The molecule has 6 nitrogen and oxygen atoms in total. The van der Waals surface area contributed by atoms with Crippen LogP contribution in [0.3, 0.4) is 0 Å². The number of pyridine rings is 1. The van der Waals surface area contributed by atoms with E-state index in [9.17, 15) is 0 Å². The number of hydrogen-bond donors (Lipinski definition) is 0. The zero-order chi connectivity index (χ0) is 29.5. The van der Waals surface area contributed by atoms with Gasteiger partial charge in [-0.3, -0.25) is 4.68 Å². The first-order valence-electron chi connectivity index (χ1n) is 14.4. The topological polar surface area (TPSA) is 54.1 Å². The fraction of sp³-hybridized carbons (Fsp3) is 0.135. The quantitative estimate of drug-likeness (QED) is 0.153. The predicted octanol–water partition coefficient (Wildman–Crippen LogP) is 8.61. The molecule has 0 aliphatic heterocycles. The average molecular weight is 758 g/mol. The summed E-state index contributed by atoms with van der Waals surface area (Å²) in [6.07, 6.45) is 2.72. The van der Waals surface area contributed by atoms with E-state index in [1.807, 2.05) is 66.2 Å². The van der Waals surface area contributed by atoms with Crippen molar-refractivity contribution < 1.29 is 30.5 Å². The zero-order valence-corrected chi connectivity index (χ0v) is 27.1. The molecule has 3 aromatic heterocycles. The van der Waals surface area contributed by atoms with Gasteiger partial charge >= 0.3 is 21.1 Å². The maximum atomic E-state index is 6.38. The van der Waals surface area contributed by atoms with Gasteiger partial charge in [0.25, 0.3) is 0 Å². The number of rotatable bonds is 7. The van der Waals surface area contributed by atoms with E-state index in [-0.39, 0.29) is 21.1 Å². The molecule has 0 unspecified atom stereocenters. The fourth-order valence-electron chi connectivity index (χ4n) is 5.78. The van der Waals surface area contributed by atoms with Crippen molar-refractivity contribution in [1.82, 2.24) is 19.3 Å². The van der Waals surface area contributed by atoms with Crippen molar-refractivity contribution >= 4 is 21.8 Å². The molecular formula is C37H30N4O2Pt. The monoisotopic (exact) mass is 757 g/mol. The van der Waals surface area contributed by atoms with Crippen molar-refractivity contribution in [3.8, 4) is 39.9 Å². The van der Waals surface area contributed by atoms with Crippen LogP contribution in [0, 0.1) is 26.0 Å². The number of ether oxygens (including phenoxy) is 2. The predicted molar refractivity (Wildman–Crippen MR) is 171 cm³/mol. The largest absolute Gasteiger partial charge is 2.00 e. The van der Waals surface area contributed by atoms with Crippen LogP contribution >= 0.6 is 0 Å². The summed E-state index contributed by atoms with van der Waals surface area (Å²) in [5.41, 5.74) is 8.30. The molecule has 0 atom stereocenters. The van der Waals surface area contributed by atoms with Crippen molar-refractivity contribution in [3.63, 3.8) is 0 Å². The molecule has 44 heavy (non-hydrogen) atoms. The van der Waals surface area contributed by atoms with E-state index in [1.54, 1.807) is 13.3 Å². The number of fused-ring (bicyclic) bond motifs is 3. The van der Waals surface area contributed by atoms with Crippen molar-refractivity contribution in [2.45, 2.75) is 27.2 Å². The zero-order valence-electron chi connectivity index (χ0n) is 24.9. The Kier molecular flexibility index (Phi) is 8.11. The van der Waals surface area contributed by atoms with E-state index in [2.05, 4.69) is 71.9 Å². The maximum Gasteiger partial charge on any atom is 2.00 e. The molecule has 3 heterocycles.